The van der Waals surface area contributed by atoms with Crippen LogP contribution in [0.3, 0.4) is 0 Å². The molecule has 2 heterocycles. The Labute approximate surface area is 314 Å². The molecule has 0 radical (unpaired) electrons. The normalized spacial score (nSPS) is 55.1. The van der Waals surface area contributed by atoms with E-state index in [2.05, 4.69) is 47.6 Å². The summed E-state index contributed by atoms with van der Waals surface area (Å²) in [5.74, 6) is -0.194. The molecule has 0 amide bonds. The van der Waals surface area contributed by atoms with E-state index in [1.54, 1.807) is 0 Å². The predicted molar refractivity (Wildman–Crippen MR) is 192 cm³/mol. The Hall–Kier alpha value is -1.19. The van der Waals surface area contributed by atoms with E-state index in [0.29, 0.717) is 18.8 Å². The predicted octanol–water partition coefficient (Wildman–Crippen LogP) is 3.52. The number of ether oxygens (including phenoxy) is 4. The molecule has 12 heteroatoms. The molecule has 0 bridgehead atoms. The molecular formula is C41H66O12. The van der Waals surface area contributed by atoms with Crippen LogP contribution in [0.2, 0.25) is 0 Å². The molecule has 6 fully saturated rings. The van der Waals surface area contributed by atoms with Gasteiger partial charge in [-0.1, -0.05) is 53.2 Å². The lowest BCUT2D eigenvalue weighted by atomic mass is 9.33. The van der Waals surface area contributed by atoms with Gasteiger partial charge in [-0.15, -0.1) is 0 Å². The number of aliphatic carboxylic acids is 1. The third-order valence-corrected chi connectivity index (χ3v) is 17.0. The Kier molecular flexibility index (Phi) is 10.2. The van der Waals surface area contributed by atoms with Crippen LogP contribution in [0.4, 0.5) is 0 Å². The quantitative estimate of drug-likeness (QED) is 0.155. The third kappa shape index (κ3) is 5.85. The molecule has 4 unspecified atom stereocenters. The fourth-order valence-corrected chi connectivity index (χ4v) is 13.3. The number of carbonyl (C=O) groups is 1. The second kappa shape index (κ2) is 13.5. The third-order valence-electron chi connectivity index (χ3n) is 17.0. The van der Waals surface area contributed by atoms with Crippen LogP contribution in [0.15, 0.2) is 11.6 Å². The van der Waals surface area contributed by atoms with Crippen molar-refractivity contribution in [1.29, 1.82) is 0 Å². The van der Waals surface area contributed by atoms with Crippen LogP contribution in [0.5, 0.6) is 0 Å². The summed E-state index contributed by atoms with van der Waals surface area (Å²) in [6.07, 6.45) is -1.79. The summed E-state index contributed by atoms with van der Waals surface area (Å²) in [6.45, 7) is 15.1. The molecule has 0 aromatic carbocycles. The highest BCUT2D eigenvalue weighted by molar-refractivity contribution is 5.76. The summed E-state index contributed by atoms with van der Waals surface area (Å²) in [5.41, 5.74) is -0.239. The lowest BCUT2D eigenvalue weighted by Gasteiger charge is -2.71. The molecule has 7 aliphatic rings. The molecule has 7 N–H and O–H groups in total. The maximum Gasteiger partial charge on any atom is 0.310 e. The van der Waals surface area contributed by atoms with Crippen LogP contribution in [-0.2, 0) is 23.7 Å². The first-order valence-corrected chi connectivity index (χ1v) is 20.2. The molecule has 5 aliphatic carbocycles. The van der Waals surface area contributed by atoms with Crippen LogP contribution in [0.1, 0.15) is 113 Å². The fraction of sp³-hybridized carbons (Fsp3) is 0.927. The highest BCUT2D eigenvalue weighted by Gasteiger charge is 2.70. The van der Waals surface area contributed by atoms with Gasteiger partial charge in [-0.05, 0) is 111 Å². The van der Waals surface area contributed by atoms with Gasteiger partial charge in [0.1, 0.15) is 36.6 Å². The van der Waals surface area contributed by atoms with Crippen molar-refractivity contribution in [2.75, 3.05) is 13.2 Å². The summed E-state index contributed by atoms with van der Waals surface area (Å²) in [6, 6.07) is 0. The molecule has 12 nitrogen and oxygen atoms in total. The van der Waals surface area contributed by atoms with Gasteiger partial charge < -0.3 is 54.7 Å². The fourth-order valence-electron chi connectivity index (χ4n) is 13.3. The smallest absolute Gasteiger partial charge is 0.310 e. The van der Waals surface area contributed by atoms with E-state index in [0.717, 1.165) is 51.4 Å². The van der Waals surface area contributed by atoms with Gasteiger partial charge in [0.25, 0.3) is 0 Å². The summed E-state index contributed by atoms with van der Waals surface area (Å²) in [7, 11) is 0. The Morgan fingerprint density at radius 2 is 1.53 bits per heavy atom. The summed E-state index contributed by atoms with van der Waals surface area (Å²) in [4.78, 5) is 13.0. The largest absolute Gasteiger partial charge is 0.481 e. The number of aliphatic hydroxyl groups excluding tert-OH is 6. The standard InChI is InChI=1S/C41H66O12/c1-21-28(44)30(46)31(47)33(51-21)53-32-29(45)24(43)19-50-34(32)52-27-11-12-37(4)25(38(27,5)20-42)10-13-40(7)26(37)9-8-22-23-18-36(2,3)14-16-41(23,35(48)49)17-15-39(22,40)6/h8,21,23-34,42-47H,9-20H2,1-7H3,(H,48,49)/t21-,23?,24-,25?,26?,27+,28-,29-,30-,31-,32-,33+,34+,37+,38+,39?,40-,41+/m1/s1. The molecule has 2 aliphatic heterocycles. The van der Waals surface area contributed by atoms with Crippen molar-refractivity contribution in [3.63, 3.8) is 0 Å². The van der Waals surface area contributed by atoms with Crippen LogP contribution < -0.4 is 0 Å². The van der Waals surface area contributed by atoms with Gasteiger partial charge in [-0.3, -0.25) is 4.79 Å². The zero-order valence-electron chi connectivity index (χ0n) is 32.7. The van der Waals surface area contributed by atoms with Crippen molar-refractivity contribution in [3.8, 4) is 0 Å². The van der Waals surface area contributed by atoms with Crippen molar-refractivity contribution in [1.82, 2.24) is 0 Å². The van der Waals surface area contributed by atoms with Gasteiger partial charge in [0.05, 0.1) is 30.8 Å². The highest BCUT2D eigenvalue weighted by Crippen LogP contribution is 2.76. The number of carboxylic acids is 1. The number of aliphatic hydroxyl groups is 6. The van der Waals surface area contributed by atoms with Crippen LogP contribution in [0.25, 0.3) is 0 Å². The number of allylic oxidation sites excluding steroid dienone is 2. The van der Waals surface area contributed by atoms with Crippen molar-refractivity contribution in [3.05, 3.63) is 11.6 Å². The topological polar surface area (TPSA) is 196 Å². The van der Waals surface area contributed by atoms with Gasteiger partial charge in [-0.2, -0.15) is 0 Å². The van der Waals surface area contributed by atoms with Gasteiger partial charge in [-0.25, -0.2) is 0 Å². The Morgan fingerprint density at radius 3 is 2.21 bits per heavy atom. The molecule has 4 saturated carbocycles. The SMILES string of the molecule is C[C@H]1O[C@@H](O[C@H]2[C@H](O[C@H]3CC[C@@]4(C)C(CC[C@]5(C)C4CC=C4C6CC(C)(C)CC[C@]6(C(=O)O)CCC45C)[C@]3(C)CO)OC[C@@H](O)[C@H]2O)[C@H](O)[C@H](O)[C@@H]1O. The Balaban J connectivity index is 1.15. The van der Waals surface area contributed by atoms with E-state index in [9.17, 15) is 40.5 Å². The molecule has 0 spiro atoms. The second-order valence-electron chi connectivity index (χ2n) is 20.0. The van der Waals surface area contributed by atoms with E-state index >= 15 is 0 Å². The van der Waals surface area contributed by atoms with Crippen LogP contribution in [0, 0.1) is 50.2 Å². The minimum Gasteiger partial charge on any atom is -0.481 e. The first-order valence-electron chi connectivity index (χ1n) is 20.2. The summed E-state index contributed by atoms with van der Waals surface area (Å²) < 4.78 is 24.3. The number of hydrogen-bond acceptors (Lipinski definition) is 11. The zero-order chi connectivity index (χ0) is 38.7. The van der Waals surface area contributed by atoms with Gasteiger partial charge >= 0.3 is 5.97 Å². The maximum absolute atomic E-state index is 13.0. The number of fused-ring (bicyclic) bond motifs is 7. The Morgan fingerprint density at radius 1 is 0.830 bits per heavy atom. The number of carboxylic acid groups (broad SMARTS) is 1. The van der Waals surface area contributed by atoms with E-state index < -0.39 is 78.2 Å². The van der Waals surface area contributed by atoms with Crippen molar-refractivity contribution in [2.24, 2.45) is 50.2 Å². The molecule has 18 atom stereocenters. The van der Waals surface area contributed by atoms with Crippen molar-refractivity contribution >= 4 is 5.97 Å². The molecule has 2 saturated heterocycles. The first-order chi connectivity index (χ1) is 24.7. The average molecular weight is 751 g/mol. The molecule has 53 heavy (non-hydrogen) atoms. The average Bonchev–Trinajstić information content (AvgIpc) is 3.10. The van der Waals surface area contributed by atoms with E-state index in [1.165, 1.54) is 12.5 Å². The minimum atomic E-state index is -1.62. The van der Waals surface area contributed by atoms with E-state index in [4.69, 9.17) is 18.9 Å². The molecule has 0 aromatic heterocycles. The van der Waals surface area contributed by atoms with Crippen LogP contribution in [-0.4, -0.2) is 116 Å². The lowest BCUT2D eigenvalue weighted by Crippen LogP contribution is -2.67. The van der Waals surface area contributed by atoms with E-state index in [1.807, 2.05) is 0 Å². The molecule has 7 rings (SSSR count). The van der Waals surface area contributed by atoms with Crippen LogP contribution >= 0.6 is 0 Å². The summed E-state index contributed by atoms with van der Waals surface area (Å²) in [5, 5.41) is 74.9. The first kappa shape index (κ1) is 40.0. The number of hydrogen-bond donors (Lipinski definition) is 7. The summed E-state index contributed by atoms with van der Waals surface area (Å²) >= 11 is 0. The van der Waals surface area contributed by atoms with Crippen molar-refractivity contribution < 1.29 is 59.5 Å². The lowest BCUT2D eigenvalue weighted by molar-refractivity contribution is -0.365. The van der Waals surface area contributed by atoms with Gasteiger partial charge in [0.2, 0.25) is 0 Å². The van der Waals surface area contributed by atoms with E-state index in [-0.39, 0.29) is 46.7 Å². The van der Waals surface area contributed by atoms with Gasteiger partial charge in [0.15, 0.2) is 12.6 Å². The minimum absolute atomic E-state index is 0.0360. The number of rotatable bonds is 6. The monoisotopic (exact) mass is 750 g/mol. The molecular weight excluding hydrogens is 684 g/mol. The van der Waals surface area contributed by atoms with Gasteiger partial charge in [0, 0.05) is 5.41 Å². The Bertz CT molecular complexity index is 1440. The maximum atomic E-state index is 13.0. The molecule has 0 aromatic rings. The van der Waals surface area contributed by atoms with Crippen molar-refractivity contribution in [2.45, 2.75) is 174 Å². The highest BCUT2D eigenvalue weighted by atomic mass is 16.8. The second-order valence-corrected chi connectivity index (χ2v) is 20.0. The molecule has 302 valence electrons. The zero-order valence-corrected chi connectivity index (χ0v) is 32.7.